The Balaban J connectivity index is 1.60. The third kappa shape index (κ3) is 3.91. The summed E-state index contributed by atoms with van der Waals surface area (Å²) in [6.45, 7) is 2.94. The number of oxazole rings is 1. The first-order valence-corrected chi connectivity index (χ1v) is 8.13. The van der Waals surface area contributed by atoms with Crippen molar-refractivity contribution in [3.8, 4) is 5.75 Å². The molecule has 0 aliphatic heterocycles. The Bertz CT molecular complexity index is 938. The third-order valence-electron chi connectivity index (χ3n) is 3.94. The molecule has 25 heavy (non-hydrogen) atoms. The number of benzene rings is 2. The molecule has 1 N–H and O–H groups in total. The van der Waals surface area contributed by atoms with Crippen LogP contribution in [0.3, 0.4) is 0 Å². The average Bonchev–Trinajstić information content (AvgIpc) is 2.89. The summed E-state index contributed by atoms with van der Waals surface area (Å²) >= 11 is 0. The Morgan fingerprint density at radius 3 is 2.60 bits per heavy atom. The molecular weight excluding hydrogens is 320 g/mol. The van der Waals surface area contributed by atoms with Gasteiger partial charge < -0.3 is 14.5 Å². The molecule has 1 amide bonds. The highest BCUT2D eigenvalue weighted by molar-refractivity contribution is 5.79. The Morgan fingerprint density at radius 2 is 1.88 bits per heavy atom. The molecule has 0 unspecified atom stereocenters. The first-order valence-electron chi connectivity index (χ1n) is 8.13. The van der Waals surface area contributed by atoms with Crippen molar-refractivity contribution in [1.82, 2.24) is 9.88 Å². The topological polar surface area (TPSA) is 73.5 Å². The maximum absolute atomic E-state index is 12.1. The number of hydrogen-bond acceptors (Lipinski definition) is 4. The van der Waals surface area contributed by atoms with Gasteiger partial charge in [-0.05, 0) is 42.3 Å². The fourth-order valence-electron chi connectivity index (χ4n) is 2.60. The van der Waals surface area contributed by atoms with Gasteiger partial charge in [0.25, 0.3) is 0 Å². The van der Waals surface area contributed by atoms with Gasteiger partial charge in [0.2, 0.25) is 5.91 Å². The monoisotopic (exact) mass is 340 g/mol. The number of hydrogen-bond donors (Lipinski definition) is 1. The number of carbonyl (C=O) groups excluding carboxylic acids is 1. The predicted octanol–water partition coefficient (Wildman–Crippen LogP) is 2.39. The number of fused-ring (bicyclic) bond motifs is 1. The summed E-state index contributed by atoms with van der Waals surface area (Å²) in [5, 5.41) is 2.89. The predicted molar refractivity (Wildman–Crippen MR) is 94.6 cm³/mol. The van der Waals surface area contributed by atoms with E-state index in [0.29, 0.717) is 30.7 Å². The molecule has 0 spiro atoms. The van der Waals surface area contributed by atoms with Gasteiger partial charge in [0, 0.05) is 13.6 Å². The number of aromatic nitrogens is 1. The Labute approximate surface area is 145 Å². The van der Waals surface area contributed by atoms with Crippen molar-refractivity contribution in [3.63, 3.8) is 0 Å². The molecule has 1 heterocycles. The fourth-order valence-corrected chi connectivity index (χ4v) is 2.60. The number of aryl methyl sites for hydroxylation is 1. The van der Waals surface area contributed by atoms with E-state index in [4.69, 9.17) is 9.15 Å². The van der Waals surface area contributed by atoms with E-state index >= 15 is 0 Å². The highest BCUT2D eigenvalue weighted by atomic mass is 16.5. The molecule has 0 aliphatic carbocycles. The lowest BCUT2D eigenvalue weighted by molar-refractivity contribution is -0.120. The van der Waals surface area contributed by atoms with Crippen LogP contribution in [-0.4, -0.2) is 17.1 Å². The molecule has 0 radical (unpaired) electrons. The SMILES string of the molecule is CCOc1ccc(CC(=O)NCc2ccc3oc(=O)n(C)c3c2)cc1. The quantitative estimate of drug-likeness (QED) is 0.748. The van der Waals surface area contributed by atoms with Crippen molar-refractivity contribution in [3.05, 3.63) is 64.1 Å². The number of rotatable bonds is 6. The van der Waals surface area contributed by atoms with Crippen LogP contribution in [-0.2, 0) is 24.8 Å². The number of nitrogens with one attached hydrogen (secondary N) is 1. The van der Waals surface area contributed by atoms with E-state index in [0.717, 1.165) is 16.9 Å². The molecule has 0 atom stereocenters. The lowest BCUT2D eigenvalue weighted by Crippen LogP contribution is -2.24. The Hall–Kier alpha value is -3.02. The van der Waals surface area contributed by atoms with Crippen LogP contribution in [0.15, 0.2) is 51.7 Å². The standard InChI is InChI=1S/C19H20N2O4/c1-3-24-15-7-4-13(5-8-15)11-18(22)20-12-14-6-9-17-16(10-14)21(2)19(23)25-17/h4-10H,3,11-12H2,1-2H3,(H,20,22). The van der Waals surface area contributed by atoms with Gasteiger partial charge in [0.05, 0.1) is 18.5 Å². The second kappa shape index (κ2) is 7.25. The van der Waals surface area contributed by atoms with Gasteiger partial charge in [-0.25, -0.2) is 4.79 Å². The Morgan fingerprint density at radius 1 is 1.16 bits per heavy atom. The first kappa shape index (κ1) is 16.8. The Kier molecular flexibility index (Phi) is 4.88. The van der Waals surface area contributed by atoms with Crippen molar-refractivity contribution in [2.24, 2.45) is 7.05 Å². The molecular formula is C19H20N2O4. The molecule has 0 saturated heterocycles. The minimum absolute atomic E-state index is 0.0645. The van der Waals surface area contributed by atoms with Crippen LogP contribution >= 0.6 is 0 Å². The van der Waals surface area contributed by atoms with Crippen LogP contribution < -0.4 is 15.8 Å². The molecule has 2 aromatic carbocycles. The fraction of sp³-hybridized carbons (Fsp3) is 0.263. The zero-order chi connectivity index (χ0) is 17.8. The molecule has 0 bridgehead atoms. The highest BCUT2D eigenvalue weighted by Crippen LogP contribution is 2.15. The van der Waals surface area contributed by atoms with Crippen molar-refractivity contribution < 1.29 is 13.9 Å². The van der Waals surface area contributed by atoms with Gasteiger partial charge >= 0.3 is 5.76 Å². The van der Waals surface area contributed by atoms with E-state index in [2.05, 4.69) is 5.32 Å². The van der Waals surface area contributed by atoms with Crippen molar-refractivity contribution in [2.45, 2.75) is 19.9 Å². The van der Waals surface area contributed by atoms with Crippen molar-refractivity contribution in [1.29, 1.82) is 0 Å². The minimum atomic E-state index is -0.397. The van der Waals surface area contributed by atoms with Crippen LogP contribution in [0.5, 0.6) is 5.75 Å². The van der Waals surface area contributed by atoms with Crippen LogP contribution in [0.1, 0.15) is 18.1 Å². The van der Waals surface area contributed by atoms with Crippen LogP contribution in [0.2, 0.25) is 0 Å². The lowest BCUT2D eigenvalue weighted by atomic mass is 10.1. The smallest absolute Gasteiger partial charge is 0.419 e. The molecule has 130 valence electrons. The number of amides is 1. The van der Waals surface area contributed by atoms with Gasteiger partial charge in [-0.1, -0.05) is 18.2 Å². The number of ether oxygens (including phenoxy) is 1. The minimum Gasteiger partial charge on any atom is -0.494 e. The zero-order valence-corrected chi connectivity index (χ0v) is 14.2. The van der Waals surface area contributed by atoms with E-state index in [1.165, 1.54) is 4.57 Å². The molecule has 0 aliphatic rings. The average molecular weight is 340 g/mol. The summed E-state index contributed by atoms with van der Waals surface area (Å²) in [5.74, 6) is 0.336. The van der Waals surface area contributed by atoms with E-state index in [1.807, 2.05) is 43.3 Å². The van der Waals surface area contributed by atoms with Gasteiger partial charge in [-0.15, -0.1) is 0 Å². The summed E-state index contributed by atoms with van der Waals surface area (Å²) in [6, 6.07) is 12.9. The molecule has 6 nitrogen and oxygen atoms in total. The maximum atomic E-state index is 12.1. The van der Waals surface area contributed by atoms with Crippen LogP contribution in [0, 0.1) is 0 Å². The molecule has 6 heteroatoms. The largest absolute Gasteiger partial charge is 0.494 e. The van der Waals surface area contributed by atoms with Crippen molar-refractivity contribution >= 4 is 17.0 Å². The second-order valence-electron chi connectivity index (χ2n) is 5.76. The molecule has 3 rings (SSSR count). The summed E-state index contributed by atoms with van der Waals surface area (Å²) < 4.78 is 11.9. The summed E-state index contributed by atoms with van der Waals surface area (Å²) in [4.78, 5) is 23.6. The van der Waals surface area contributed by atoms with E-state index in [1.54, 1.807) is 13.1 Å². The lowest BCUT2D eigenvalue weighted by Gasteiger charge is -2.07. The first-order chi connectivity index (χ1) is 12.1. The van der Waals surface area contributed by atoms with Gasteiger partial charge in [-0.3, -0.25) is 9.36 Å². The van der Waals surface area contributed by atoms with Crippen molar-refractivity contribution in [2.75, 3.05) is 6.61 Å². The van der Waals surface area contributed by atoms with Crippen LogP contribution in [0.4, 0.5) is 0 Å². The highest BCUT2D eigenvalue weighted by Gasteiger charge is 2.08. The van der Waals surface area contributed by atoms with E-state index in [9.17, 15) is 9.59 Å². The maximum Gasteiger partial charge on any atom is 0.419 e. The van der Waals surface area contributed by atoms with E-state index in [-0.39, 0.29) is 5.91 Å². The number of carbonyl (C=O) groups is 1. The molecule has 0 fully saturated rings. The normalized spacial score (nSPS) is 10.8. The second-order valence-corrected chi connectivity index (χ2v) is 5.76. The van der Waals surface area contributed by atoms with Gasteiger partial charge in [-0.2, -0.15) is 0 Å². The molecule has 3 aromatic rings. The number of nitrogens with zero attached hydrogens (tertiary/aromatic N) is 1. The summed E-state index contributed by atoms with van der Waals surface area (Å²) in [7, 11) is 1.66. The van der Waals surface area contributed by atoms with Gasteiger partial charge in [0.15, 0.2) is 5.58 Å². The van der Waals surface area contributed by atoms with E-state index < -0.39 is 5.76 Å². The van der Waals surface area contributed by atoms with Gasteiger partial charge in [0.1, 0.15) is 5.75 Å². The zero-order valence-electron chi connectivity index (χ0n) is 14.2. The van der Waals surface area contributed by atoms with Crippen LogP contribution in [0.25, 0.3) is 11.1 Å². The molecule has 0 saturated carbocycles. The molecule has 1 aromatic heterocycles. The summed E-state index contributed by atoms with van der Waals surface area (Å²) in [6.07, 6.45) is 0.304. The summed E-state index contributed by atoms with van der Waals surface area (Å²) in [5.41, 5.74) is 3.08. The third-order valence-corrected chi connectivity index (χ3v) is 3.94.